The van der Waals surface area contributed by atoms with Gasteiger partial charge in [-0.2, -0.15) is 0 Å². The number of amides is 1. The van der Waals surface area contributed by atoms with Crippen molar-refractivity contribution < 1.29 is 9.18 Å². The molecule has 1 aromatic carbocycles. The van der Waals surface area contributed by atoms with E-state index in [9.17, 15) is 9.18 Å². The summed E-state index contributed by atoms with van der Waals surface area (Å²) in [7, 11) is 0. The van der Waals surface area contributed by atoms with Crippen molar-refractivity contribution in [2.45, 2.75) is 6.42 Å². The maximum absolute atomic E-state index is 13.5. The Hall–Kier alpha value is -1.79. The number of hydrogen-bond acceptors (Lipinski definition) is 3. The van der Waals surface area contributed by atoms with Gasteiger partial charge in [0, 0.05) is 30.5 Å². The molecule has 0 radical (unpaired) electrons. The molecule has 1 saturated heterocycles. The Kier molecular flexibility index (Phi) is 3.92. The van der Waals surface area contributed by atoms with Crippen molar-refractivity contribution >= 4 is 33.2 Å². The highest BCUT2D eigenvalue weighted by atomic mass is 79.9. The zero-order valence-electron chi connectivity index (χ0n) is 9.88. The molecule has 1 aliphatic rings. The summed E-state index contributed by atoms with van der Waals surface area (Å²) in [6, 6.07) is 2.66. The molecule has 1 aromatic rings. The van der Waals surface area contributed by atoms with Crippen LogP contribution in [-0.2, 0) is 4.79 Å². The highest BCUT2D eigenvalue weighted by Crippen LogP contribution is 2.33. The maximum Gasteiger partial charge on any atom is 0.227 e. The van der Waals surface area contributed by atoms with Crippen molar-refractivity contribution in [3.05, 3.63) is 32.9 Å². The maximum atomic E-state index is 13.5. The lowest BCUT2D eigenvalue weighted by molar-refractivity contribution is -0.117. The molecule has 1 amide bonds. The molecule has 1 fully saturated rings. The lowest BCUT2D eigenvalue weighted by Gasteiger charge is -2.19. The van der Waals surface area contributed by atoms with Crippen LogP contribution in [0.1, 0.15) is 6.42 Å². The fourth-order valence-electron chi connectivity index (χ4n) is 2.07. The Morgan fingerprint density at radius 3 is 3.05 bits per heavy atom. The number of nitrogens with two attached hydrogens (primary N) is 1. The SMILES string of the molecule is [N-]=[N+]=NCC1CC(=O)N(c2cc(F)c(Br)cc2N)C1. The van der Waals surface area contributed by atoms with Crippen LogP contribution in [0.5, 0.6) is 0 Å². The van der Waals surface area contributed by atoms with Crippen molar-refractivity contribution in [1.82, 2.24) is 0 Å². The molecule has 1 aliphatic heterocycles. The normalized spacial score (nSPS) is 18.5. The number of hydrogen-bond donors (Lipinski definition) is 1. The largest absolute Gasteiger partial charge is 0.397 e. The van der Waals surface area contributed by atoms with E-state index in [4.69, 9.17) is 11.3 Å². The Bertz CT molecular complexity index is 572. The lowest BCUT2D eigenvalue weighted by atomic mass is 10.1. The number of rotatable bonds is 3. The first-order valence-corrected chi connectivity index (χ1v) is 6.38. The molecule has 2 rings (SSSR count). The first kappa shape index (κ1) is 13.6. The minimum atomic E-state index is -0.476. The number of carbonyl (C=O) groups is 1. The smallest absolute Gasteiger partial charge is 0.227 e. The van der Waals surface area contributed by atoms with Gasteiger partial charge in [0.25, 0.3) is 0 Å². The molecule has 1 atom stereocenters. The number of nitrogens with zero attached hydrogens (tertiary/aromatic N) is 4. The second kappa shape index (κ2) is 5.46. The van der Waals surface area contributed by atoms with E-state index in [0.29, 0.717) is 17.9 Å². The first-order chi connectivity index (χ1) is 9.02. The molecule has 8 heteroatoms. The summed E-state index contributed by atoms with van der Waals surface area (Å²) < 4.78 is 13.8. The number of halogens is 2. The third-order valence-electron chi connectivity index (χ3n) is 2.97. The van der Waals surface area contributed by atoms with Gasteiger partial charge in [0.2, 0.25) is 5.91 Å². The Balaban J connectivity index is 2.25. The van der Waals surface area contributed by atoms with Gasteiger partial charge in [0.05, 0.1) is 15.8 Å². The molecular weight excluding hydrogens is 317 g/mol. The number of anilines is 2. The monoisotopic (exact) mass is 327 g/mol. The van der Waals surface area contributed by atoms with Crippen LogP contribution in [0.4, 0.5) is 15.8 Å². The first-order valence-electron chi connectivity index (χ1n) is 5.58. The van der Waals surface area contributed by atoms with E-state index >= 15 is 0 Å². The van der Waals surface area contributed by atoms with Gasteiger partial charge in [-0.1, -0.05) is 5.11 Å². The van der Waals surface area contributed by atoms with Crippen LogP contribution in [0.3, 0.4) is 0 Å². The summed E-state index contributed by atoms with van der Waals surface area (Å²) in [5, 5.41) is 3.46. The second-order valence-corrected chi connectivity index (χ2v) is 5.17. The van der Waals surface area contributed by atoms with Crippen LogP contribution in [0, 0.1) is 11.7 Å². The van der Waals surface area contributed by atoms with Crippen LogP contribution >= 0.6 is 15.9 Å². The van der Waals surface area contributed by atoms with E-state index in [1.807, 2.05) is 0 Å². The predicted octanol–water partition coefficient (Wildman–Crippen LogP) is 2.83. The second-order valence-electron chi connectivity index (χ2n) is 4.31. The number of azide groups is 1. The third-order valence-corrected chi connectivity index (χ3v) is 3.58. The molecule has 0 aromatic heterocycles. The number of benzene rings is 1. The van der Waals surface area contributed by atoms with E-state index < -0.39 is 5.82 Å². The van der Waals surface area contributed by atoms with Gasteiger partial charge < -0.3 is 10.6 Å². The molecule has 100 valence electrons. The molecule has 1 unspecified atom stereocenters. The molecule has 2 N–H and O–H groups in total. The highest BCUT2D eigenvalue weighted by Gasteiger charge is 2.31. The van der Waals surface area contributed by atoms with Crippen LogP contribution in [0.2, 0.25) is 0 Å². The summed E-state index contributed by atoms with van der Waals surface area (Å²) in [6.07, 6.45) is 0.274. The Labute approximate surface area is 117 Å². The molecule has 6 nitrogen and oxygen atoms in total. The van der Waals surface area contributed by atoms with Crippen molar-refractivity contribution in [3.8, 4) is 0 Å². The minimum Gasteiger partial charge on any atom is -0.397 e. The average Bonchev–Trinajstić information content (AvgIpc) is 2.72. The zero-order valence-corrected chi connectivity index (χ0v) is 11.5. The van der Waals surface area contributed by atoms with E-state index in [1.165, 1.54) is 17.0 Å². The van der Waals surface area contributed by atoms with Crippen LogP contribution in [0.15, 0.2) is 21.7 Å². The van der Waals surface area contributed by atoms with Crippen LogP contribution in [0.25, 0.3) is 10.4 Å². The summed E-state index contributed by atoms with van der Waals surface area (Å²) in [5.74, 6) is -0.684. The number of nitrogen functional groups attached to an aromatic ring is 1. The molecule has 0 bridgehead atoms. The van der Waals surface area contributed by atoms with Gasteiger partial charge in [-0.05, 0) is 33.4 Å². The molecule has 0 aliphatic carbocycles. The van der Waals surface area contributed by atoms with Crippen molar-refractivity contribution in [3.63, 3.8) is 0 Å². The van der Waals surface area contributed by atoms with Gasteiger partial charge in [0.15, 0.2) is 0 Å². The minimum absolute atomic E-state index is 0.0606. The Morgan fingerprint density at radius 2 is 2.37 bits per heavy atom. The summed E-state index contributed by atoms with van der Waals surface area (Å²) >= 11 is 3.04. The fraction of sp³-hybridized carbons (Fsp3) is 0.364. The van der Waals surface area contributed by atoms with Crippen molar-refractivity contribution in [2.24, 2.45) is 11.0 Å². The highest BCUT2D eigenvalue weighted by molar-refractivity contribution is 9.10. The molecule has 0 saturated carbocycles. The van der Waals surface area contributed by atoms with Gasteiger partial charge in [-0.3, -0.25) is 4.79 Å². The Morgan fingerprint density at radius 1 is 1.63 bits per heavy atom. The average molecular weight is 328 g/mol. The summed E-state index contributed by atoms with van der Waals surface area (Å²) in [4.78, 5) is 16.0. The lowest BCUT2D eigenvalue weighted by Crippen LogP contribution is -2.26. The zero-order chi connectivity index (χ0) is 14.0. The van der Waals surface area contributed by atoms with Crippen LogP contribution < -0.4 is 10.6 Å². The summed E-state index contributed by atoms with van der Waals surface area (Å²) in [6.45, 7) is 0.626. The topological polar surface area (TPSA) is 95.1 Å². The summed E-state index contributed by atoms with van der Waals surface area (Å²) in [5.41, 5.74) is 14.8. The van der Waals surface area contributed by atoms with E-state index in [1.54, 1.807) is 0 Å². The van der Waals surface area contributed by atoms with Crippen LogP contribution in [-0.4, -0.2) is 19.0 Å². The van der Waals surface area contributed by atoms with Gasteiger partial charge in [-0.25, -0.2) is 4.39 Å². The number of carbonyl (C=O) groups excluding carboxylic acids is 1. The van der Waals surface area contributed by atoms with E-state index in [2.05, 4.69) is 26.0 Å². The fourth-order valence-corrected chi connectivity index (χ4v) is 2.44. The van der Waals surface area contributed by atoms with E-state index in [0.717, 1.165) is 0 Å². The molecule has 19 heavy (non-hydrogen) atoms. The van der Waals surface area contributed by atoms with Gasteiger partial charge in [-0.15, -0.1) is 0 Å². The van der Waals surface area contributed by atoms with E-state index in [-0.39, 0.29) is 29.3 Å². The predicted molar refractivity (Wildman–Crippen MR) is 73.0 cm³/mol. The standard InChI is InChI=1S/C11H11BrFN5O/c12-7-2-9(14)10(3-8(7)13)18-5-6(1-11(18)19)4-16-17-15/h2-3,6H,1,4-5,14H2. The quantitative estimate of drug-likeness (QED) is 0.400. The van der Waals surface area contributed by atoms with Crippen molar-refractivity contribution in [2.75, 3.05) is 23.7 Å². The van der Waals surface area contributed by atoms with Gasteiger partial charge >= 0.3 is 0 Å². The molecule has 1 heterocycles. The third kappa shape index (κ3) is 2.80. The molecular formula is C11H11BrFN5O. The van der Waals surface area contributed by atoms with Gasteiger partial charge in [0.1, 0.15) is 5.82 Å². The van der Waals surface area contributed by atoms with Crippen molar-refractivity contribution in [1.29, 1.82) is 0 Å². The molecule has 0 spiro atoms.